The maximum absolute atomic E-state index is 11.3. The Hall–Kier alpha value is -2.55. The van der Waals surface area contributed by atoms with Gasteiger partial charge in [-0.25, -0.2) is 0 Å². The monoisotopic (exact) mass is 514 g/mol. The molecular weight excluding hydrogens is 456 g/mol. The molecule has 3 heteroatoms. The number of benzene rings is 2. The molecule has 0 radical (unpaired) electrons. The molecule has 37 heavy (non-hydrogen) atoms. The molecule has 0 saturated carbocycles. The highest BCUT2D eigenvalue weighted by atomic mass is 16.1. The van der Waals surface area contributed by atoms with E-state index in [9.17, 15) is 14.4 Å². The van der Waals surface area contributed by atoms with E-state index in [1.165, 1.54) is 12.0 Å². The zero-order valence-corrected chi connectivity index (χ0v) is 26.5. The van der Waals surface area contributed by atoms with Crippen LogP contribution < -0.4 is 0 Å². The number of rotatable bonds is 6. The smallest absolute Gasteiger partial charge is 0.165 e. The van der Waals surface area contributed by atoms with Crippen LogP contribution in [0.1, 0.15) is 113 Å². The highest BCUT2D eigenvalue weighted by molar-refractivity contribution is 5.97. The zero-order chi connectivity index (χ0) is 30.0. The third-order valence-corrected chi connectivity index (χ3v) is 4.70. The molecule has 0 heterocycles. The van der Waals surface area contributed by atoms with Gasteiger partial charge in [0.05, 0.1) is 0 Å². The molecule has 0 fully saturated rings. The predicted octanol–water partition coefficient (Wildman–Crippen LogP) is 9.93. The van der Waals surface area contributed by atoms with Gasteiger partial charge in [0.25, 0.3) is 0 Å². The fraction of sp³-hybridized carbons (Fsp3) is 0.559. The first kappa shape index (κ1) is 41.6. The SMILES string of the molecule is CC.CC.CC(=O)C(C)C.CC(=O)C(C)C.CC(C)C(=O)c1ccccc1.CC(C)Cc1ccccc1. The molecule has 0 saturated heterocycles. The molecule has 0 aliphatic rings. The molecule has 2 aromatic carbocycles. The molecule has 0 aromatic heterocycles. The molecule has 0 amide bonds. The summed E-state index contributed by atoms with van der Waals surface area (Å²) in [5.41, 5.74) is 2.25. The van der Waals surface area contributed by atoms with Crippen LogP contribution >= 0.6 is 0 Å². The quantitative estimate of drug-likeness (QED) is 0.360. The third kappa shape index (κ3) is 29.6. The van der Waals surface area contributed by atoms with E-state index in [0.29, 0.717) is 0 Å². The van der Waals surface area contributed by atoms with Crippen LogP contribution in [0, 0.1) is 23.7 Å². The van der Waals surface area contributed by atoms with E-state index >= 15 is 0 Å². The summed E-state index contributed by atoms with van der Waals surface area (Å²) in [5, 5.41) is 0. The zero-order valence-electron chi connectivity index (χ0n) is 26.5. The summed E-state index contributed by atoms with van der Waals surface area (Å²) in [7, 11) is 0. The highest BCUT2D eigenvalue weighted by Gasteiger charge is 2.08. The topological polar surface area (TPSA) is 51.2 Å². The minimum atomic E-state index is 0.0948. The number of ketones is 3. The lowest BCUT2D eigenvalue weighted by atomic mass is 10.0. The Morgan fingerprint density at radius 3 is 1.08 bits per heavy atom. The van der Waals surface area contributed by atoms with Crippen molar-refractivity contribution >= 4 is 17.3 Å². The molecule has 2 rings (SSSR count). The molecule has 3 nitrogen and oxygen atoms in total. The van der Waals surface area contributed by atoms with Crippen molar-refractivity contribution in [1.29, 1.82) is 0 Å². The van der Waals surface area contributed by atoms with Gasteiger partial charge in [0.1, 0.15) is 11.6 Å². The minimum absolute atomic E-state index is 0.0948. The van der Waals surface area contributed by atoms with Crippen LogP contribution in [-0.4, -0.2) is 17.3 Å². The maximum atomic E-state index is 11.3. The molecule has 0 spiro atoms. The molecule has 0 unspecified atom stereocenters. The Bertz CT molecular complexity index is 755. The summed E-state index contributed by atoms with van der Waals surface area (Å²) in [6, 6.07) is 20.0. The van der Waals surface area contributed by atoms with Crippen LogP contribution in [0.3, 0.4) is 0 Å². The second-order valence-corrected chi connectivity index (χ2v) is 9.50. The van der Waals surface area contributed by atoms with Crippen molar-refractivity contribution in [2.75, 3.05) is 0 Å². The molecular formula is C34H58O3. The van der Waals surface area contributed by atoms with Gasteiger partial charge in [0.2, 0.25) is 0 Å². The lowest BCUT2D eigenvalue weighted by Gasteiger charge is -2.02. The summed E-state index contributed by atoms with van der Waals surface area (Å²) in [6.07, 6.45) is 1.20. The molecule has 0 aliphatic heterocycles. The van der Waals surface area contributed by atoms with Crippen LogP contribution in [0.25, 0.3) is 0 Å². The minimum Gasteiger partial charge on any atom is -0.300 e. The molecule has 0 bridgehead atoms. The van der Waals surface area contributed by atoms with Crippen molar-refractivity contribution in [3.63, 3.8) is 0 Å². The largest absolute Gasteiger partial charge is 0.300 e. The molecule has 0 atom stereocenters. The molecule has 2 aromatic rings. The maximum Gasteiger partial charge on any atom is 0.165 e. The predicted molar refractivity (Wildman–Crippen MR) is 164 cm³/mol. The first-order chi connectivity index (χ1) is 17.3. The van der Waals surface area contributed by atoms with Crippen molar-refractivity contribution in [2.45, 2.75) is 103 Å². The van der Waals surface area contributed by atoms with E-state index in [0.717, 1.165) is 11.5 Å². The van der Waals surface area contributed by atoms with Crippen LogP contribution in [0.5, 0.6) is 0 Å². The fourth-order valence-electron chi connectivity index (χ4n) is 2.02. The van der Waals surface area contributed by atoms with E-state index in [-0.39, 0.29) is 35.1 Å². The number of hydrogen-bond donors (Lipinski definition) is 0. The van der Waals surface area contributed by atoms with Gasteiger partial charge in [-0.15, -0.1) is 0 Å². The van der Waals surface area contributed by atoms with E-state index in [4.69, 9.17) is 0 Å². The molecule has 212 valence electrons. The van der Waals surface area contributed by atoms with Crippen molar-refractivity contribution in [2.24, 2.45) is 23.7 Å². The summed E-state index contributed by atoms with van der Waals surface area (Å²) in [5.74, 6) is 2.02. The van der Waals surface area contributed by atoms with Crippen molar-refractivity contribution < 1.29 is 14.4 Å². The number of carbonyl (C=O) groups excluding carboxylic acids is 3. The van der Waals surface area contributed by atoms with Gasteiger partial charge in [-0.05, 0) is 31.7 Å². The average molecular weight is 515 g/mol. The van der Waals surface area contributed by atoms with Gasteiger partial charge in [0.15, 0.2) is 5.78 Å². The summed E-state index contributed by atoms with van der Waals surface area (Å²) < 4.78 is 0. The van der Waals surface area contributed by atoms with Crippen LogP contribution in [0.2, 0.25) is 0 Å². The van der Waals surface area contributed by atoms with Crippen LogP contribution in [-0.2, 0) is 16.0 Å². The Labute approximate surface area is 230 Å². The summed E-state index contributed by atoms with van der Waals surface area (Å²) >= 11 is 0. The second kappa shape index (κ2) is 28.0. The Morgan fingerprint density at radius 2 is 0.838 bits per heavy atom. The van der Waals surface area contributed by atoms with Gasteiger partial charge in [-0.3, -0.25) is 14.4 Å². The lowest BCUT2D eigenvalue weighted by molar-refractivity contribution is -0.120. The van der Waals surface area contributed by atoms with Gasteiger partial charge in [0, 0.05) is 23.3 Å². The first-order valence-corrected chi connectivity index (χ1v) is 13.9. The van der Waals surface area contributed by atoms with Crippen molar-refractivity contribution in [3.05, 3.63) is 71.8 Å². The van der Waals surface area contributed by atoms with Gasteiger partial charge in [-0.2, -0.15) is 0 Å². The molecule has 0 aliphatic carbocycles. The van der Waals surface area contributed by atoms with Gasteiger partial charge < -0.3 is 0 Å². The second-order valence-electron chi connectivity index (χ2n) is 9.50. The summed E-state index contributed by atoms with van der Waals surface area (Å²) in [4.78, 5) is 31.6. The van der Waals surface area contributed by atoms with Crippen LogP contribution in [0.4, 0.5) is 0 Å². The normalized spacial score (nSPS) is 9.14. The molecule has 0 N–H and O–H groups in total. The number of Topliss-reactive ketones (excluding diaryl/α,β-unsaturated/α-hetero) is 3. The third-order valence-electron chi connectivity index (χ3n) is 4.70. The van der Waals surface area contributed by atoms with Crippen LogP contribution in [0.15, 0.2) is 60.7 Å². The highest BCUT2D eigenvalue weighted by Crippen LogP contribution is 2.07. The average Bonchev–Trinajstić information content (AvgIpc) is 2.87. The lowest BCUT2D eigenvalue weighted by Crippen LogP contribution is -2.06. The van der Waals surface area contributed by atoms with E-state index in [1.54, 1.807) is 13.8 Å². The Morgan fingerprint density at radius 1 is 0.541 bits per heavy atom. The van der Waals surface area contributed by atoms with Gasteiger partial charge in [-0.1, -0.05) is 144 Å². The standard InChI is InChI=1S/C10H12O.C10H14.2C5H10O.2C2H6/c1-8(2)10(11)9-6-4-3-5-7-9;1-9(2)8-10-6-4-3-5-7-10;2*1-4(2)5(3)6;2*1-2/h3-8H,1-2H3;3-7,9H,8H2,1-2H3;2*4H,1-3H3;2*1-2H3. The Balaban J connectivity index is -0.000000194. The van der Waals surface area contributed by atoms with E-state index in [2.05, 4.69) is 44.2 Å². The fourth-order valence-corrected chi connectivity index (χ4v) is 2.02. The van der Waals surface area contributed by atoms with E-state index in [1.807, 2.05) is 99.6 Å². The summed E-state index contributed by atoms with van der Waals surface area (Å²) in [6.45, 7) is 27.1. The first-order valence-electron chi connectivity index (χ1n) is 13.9. The number of carbonyl (C=O) groups is 3. The van der Waals surface area contributed by atoms with E-state index < -0.39 is 0 Å². The van der Waals surface area contributed by atoms with Crippen molar-refractivity contribution in [1.82, 2.24) is 0 Å². The Kier molecular flexibility index (Phi) is 31.5. The van der Waals surface area contributed by atoms with Gasteiger partial charge >= 0.3 is 0 Å². The van der Waals surface area contributed by atoms with Crippen molar-refractivity contribution in [3.8, 4) is 0 Å². The number of hydrogen-bond acceptors (Lipinski definition) is 3.